The molecular weight excluding hydrogens is 536 g/mol. The zero-order valence-corrected chi connectivity index (χ0v) is 27.4. The van der Waals surface area contributed by atoms with Crippen LogP contribution in [0.1, 0.15) is 88.1 Å². The maximum Gasteiger partial charge on any atom is 0.408 e. The van der Waals surface area contributed by atoms with Gasteiger partial charge in [0.2, 0.25) is 17.7 Å². The van der Waals surface area contributed by atoms with Crippen molar-refractivity contribution in [3.05, 3.63) is 35.9 Å². The second kappa shape index (κ2) is 15.4. The highest BCUT2D eigenvalue weighted by Gasteiger charge is 2.35. The van der Waals surface area contributed by atoms with Gasteiger partial charge in [-0.1, -0.05) is 65.0 Å². The fourth-order valence-electron chi connectivity index (χ4n) is 4.26. The van der Waals surface area contributed by atoms with Gasteiger partial charge in [0.05, 0.1) is 18.1 Å². The number of nitrogens with one attached hydrogen (secondary N) is 4. The van der Waals surface area contributed by atoms with Crippen LogP contribution in [0.3, 0.4) is 0 Å². The highest BCUT2D eigenvalue weighted by molar-refractivity contribution is 5.87. The van der Waals surface area contributed by atoms with Gasteiger partial charge in [-0.25, -0.2) is 4.79 Å². The summed E-state index contributed by atoms with van der Waals surface area (Å²) in [5.41, 5.74) is -0.767. The highest BCUT2D eigenvalue weighted by atomic mass is 16.6. The van der Waals surface area contributed by atoms with Crippen LogP contribution in [0.25, 0.3) is 0 Å². The molecule has 0 bridgehead atoms. The molecule has 0 radical (unpaired) electrons. The van der Waals surface area contributed by atoms with Gasteiger partial charge in [-0.2, -0.15) is 0 Å². The lowest BCUT2D eigenvalue weighted by Crippen LogP contribution is -2.57. The summed E-state index contributed by atoms with van der Waals surface area (Å²) < 4.78 is 5.32. The zero-order valence-electron chi connectivity index (χ0n) is 27.4. The minimum atomic E-state index is -1.15. The molecule has 4 atom stereocenters. The molecule has 238 valence electrons. The first-order valence-corrected chi connectivity index (χ1v) is 14.7. The summed E-state index contributed by atoms with van der Waals surface area (Å²) in [4.78, 5) is 51.7. The maximum absolute atomic E-state index is 13.3. The predicted molar refractivity (Wildman–Crippen MR) is 165 cm³/mol. The maximum atomic E-state index is 13.3. The van der Waals surface area contributed by atoms with Crippen molar-refractivity contribution in [1.82, 2.24) is 21.3 Å². The van der Waals surface area contributed by atoms with Gasteiger partial charge in [-0.15, -0.1) is 0 Å². The van der Waals surface area contributed by atoms with E-state index in [1.54, 1.807) is 34.6 Å². The van der Waals surface area contributed by atoms with Crippen molar-refractivity contribution in [3.63, 3.8) is 0 Å². The van der Waals surface area contributed by atoms with Crippen molar-refractivity contribution >= 4 is 23.8 Å². The summed E-state index contributed by atoms with van der Waals surface area (Å²) in [5.74, 6) is -1.92. The topological polar surface area (TPSA) is 146 Å². The standard InChI is InChI=1S/C32H54N4O6/c1-20(2)26(35-29(41)42-32(9,10)11)28(40)34-23(17-21-15-13-12-14-16-21)24(37)19-33-25(38)18-22(30(3,4)5)27(39)36-31(6,7)8/h12-16,20,22-24,26,37H,17-19H2,1-11H3,(H,33,38)(H,34,40)(H,35,41)(H,36,39)/t22-,23+,24-,26+/m1/s1. The van der Waals surface area contributed by atoms with Crippen LogP contribution in [-0.2, 0) is 25.5 Å². The average molecular weight is 591 g/mol. The first-order chi connectivity index (χ1) is 19.1. The number of aliphatic hydroxyl groups is 1. The van der Waals surface area contributed by atoms with Crippen LogP contribution in [0, 0.1) is 17.3 Å². The van der Waals surface area contributed by atoms with Crippen molar-refractivity contribution in [2.75, 3.05) is 6.54 Å². The third-order valence-electron chi connectivity index (χ3n) is 6.47. The Hall–Kier alpha value is -3.14. The molecule has 0 saturated carbocycles. The number of carbonyl (C=O) groups is 4. The molecule has 0 aliphatic rings. The number of hydrogen-bond acceptors (Lipinski definition) is 6. The van der Waals surface area contributed by atoms with Crippen LogP contribution >= 0.6 is 0 Å². The lowest BCUT2D eigenvalue weighted by molar-refractivity contribution is -0.135. The Bertz CT molecular complexity index is 1040. The number of hydrogen-bond donors (Lipinski definition) is 5. The zero-order chi connectivity index (χ0) is 32.5. The molecule has 0 saturated heterocycles. The molecule has 1 aromatic carbocycles. The van der Waals surface area contributed by atoms with Gasteiger partial charge in [0.1, 0.15) is 11.6 Å². The predicted octanol–water partition coefficient (Wildman–Crippen LogP) is 3.71. The third-order valence-corrected chi connectivity index (χ3v) is 6.47. The molecule has 0 fully saturated rings. The van der Waals surface area contributed by atoms with E-state index < -0.39 is 52.7 Å². The Morgan fingerprint density at radius 2 is 1.43 bits per heavy atom. The molecule has 0 aliphatic heterocycles. The quantitative estimate of drug-likeness (QED) is 0.251. The smallest absolute Gasteiger partial charge is 0.408 e. The van der Waals surface area contributed by atoms with Crippen molar-refractivity contribution < 1.29 is 29.0 Å². The van der Waals surface area contributed by atoms with Crippen LogP contribution < -0.4 is 21.3 Å². The minimum Gasteiger partial charge on any atom is -0.444 e. The number of benzene rings is 1. The van der Waals surface area contributed by atoms with E-state index >= 15 is 0 Å². The number of amides is 4. The van der Waals surface area contributed by atoms with Crippen LogP contribution in [0.15, 0.2) is 30.3 Å². The Kier molecular flexibility index (Phi) is 13.5. The molecule has 10 heteroatoms. The number of carbonyl (C=O) groups excluding carboxylic acids is 4. The monoisotopic (exact) mass is 590 g/mol. The van der Waals surface area contributed by atoms with E-state index in [9.17, 15) is 24.3 Å². The van der Waals surface area contributed by atoms with Gasteiger partial charge in [-0.05, 0) is 64.9 Å². The number of aliphatic hydroxyl groups excluding tert-OH is 1. The van der Waals surface area contributed by atoms with Gasteiger partial charge < -0.3 is 31.1 Å². The van der Waals surface area contributed by atoms with Crippen LogP contribution in [-0.4, -0.2) is 64.8 Å². The molecular formula is C32H54N4O6. The Balaban J connectivity index is 3.03. The van der Waals surface area contributed by atoms with E-state index in [1.807, 2.05) is 71.9 Å². The Morgan fingerprint density at radius 1 is 0.857 bits per heavy atom. The first kappa shape index (κ1) is 36.9. The van der Waals surface area contributed by atoms with E-state index in [2.05, 4.69) is 21.3 Å². The summed E-state index contributed by atoms with van der Waals surface area (Å²) in [6.07, 6.45) is -1.63. The molecule has 5 N–H and O–H groups in total. The van der Waals surface area contributed by atoms with Gasteiger partial charge in [0.25, 0.3) is 0 Å². The van der Waals surface area contributed by atoms with Crippen molar-refractivity contribution in [2.24, 2.45) is 17.3 Å². The second-order valence-electron chi connectivity index (χ2n) is 14.4. The number of alkyl carbamates (subject to hydrolysis) is 1. The Labute approximate surface area is 252 Å². The van der Waals surface area contributed by atoms with E-state index in [4.69, 9.17) is 4.74 Å². The number of ether oxygens (including phenoxy) is 1. The largest absolute Gasteiger partial charge is 0.444 e. The van der Waals surface area contributed by atoms with Crippen LogP contribution in [0.5, 0.6) is 0 Å². The summed E-state index contributed by atoms with van der Waals surface area (Å²) in [7, 11) is 0. The second-order valence-corrected chi connectivity index (χ2v) is 14.4. The van der Waals surface area contributed by atoms with E-state index in [0.717, 1.165) is 5.56 Å². The Morgan fingerprint density at radius 3 is 1.90 bits per heavy atom. The molecule has 1 aromatic rings. The third kappa shape index (κ3) is 14.2. The molecule has 0 aromatic heterocycles. The summed E-state index contributed by atoms with van der Waals surface area (Å²) >= 11 is 0. The highest BCUT2D eigenvalue weighted by Crippen LogP contribution is 2.29. The summed E-state index contributed by atoms with van der Waals surface area (Å²) in [6.45, 7) is 20.0. The van der Waals surface area contributed by atoms with Gasteiger partial charge >= 0.3 is 6.09 Å². The first-order valence-electron chi connectivity index (χ1n) is 14.7. The molecule has 42 heavy (non-hydrogen) atoms. The lowest BCUT2D eigenvalue weighted by atomic mass is 9.77. The average Bonchev–Trinajstić information content (AvgIpc) is 2.81. The van der Waals surface area contributed by atoms with E-state index in [0.29, 0.717) is 6.42 Å². The SMILES string of the molecule is CC(C)[C@H](NC(=O)OC(C)(C)C)C(=O)N[C@@H](Cc1ccccc1)[C@H](O)CNC(=O)C[C@H](C(=O)NC(C)(C)C)C(C)(C)C. The molecule has 10 nitrogen and oxygen atoms in total. The van der Waals surface area contributed by atoms with Gasteiger partial charge in [0, 0.05) is 18.5 Å². The van der Waals surface area contributed by atoms with Crippen molar-refractivity contribution in [1.29, 1.82) is 0 Å². The summed E-state index contributed by atoms with van der Waals surface area (Å²) in [6, 6.07) is 7.67. The molecule has 0 unspecified atom stereocenters. The number of rotatable bonds is 12. The van der Waals surface area contributed by atoms with Gasteiger partial charge in [0.15, 0.2) is 0 Å². The lowest BCUT2D eigenvalue weighted by Gasteiger charge is -2.32. The van der Waals surface area contributed by atoms with Crippen LogP contribution in [0.2, 0.25) is 0 Å². The van der Waals surface area contributed by atoms with Gasteiger partial charge in [-0.3, -0.25) is 14.4 Å². The minimum absolute atomic E-state index is 0.0525. The molecule has 1 rings (SSSR count). The normalized spacial score (nSPS) is 15.2. The van der Waals surface area contributed by atoms with Crippen molar-refractivity contribution in [2.45, 2.75) is 118 Å². The van der Waals surface area contributed by atoms with Crippen molar-refractivity contribution in [3.8, 4) is 0 Å². The van der Waals surface area contributed by atoms with E-state index in [1.165, 1.54) is 0 Å². The fraction of sp³-hybridized carbons (Fsp3) is 0.688. The fourth-order valence-corrected chi connectivity index (χ4v) is 4.26. The summed E-state index contributed by atoms with van der Waals surface area (Å²) in [5, 5.41) is 22.4. The van der Waals surface area contributed by atoms with Crippen LogP contribution in [0.4, 0.5) is 4.79 Å². The molecule has 0 spiro atoms. The molecule has 4 amide bonds. The van der Waals surface area contributed by atoms with E-state index in [-0.39, 0.29) is 30.7 Å². The molecule has 0 heterocycles. The molecule has 0 aliphatic carbocycles.